The highest BCUT2D eigenvalue weighted by molar-refractivity contribution is 5.18. The van der Waals surface area contributed by atoms with Gasteiger partial charge in [0.25, 0.3) is 0 Å². The van der Waals surface area contributed by atoms with Gasteiger partial charge in [-0.3, -0.25) is 0 Å². The predicted octanol–water partition coefficient (Wildman–Crippen LogP) is 3.92. The first-order chi connectivity index (χ1) is 7.59. The van der Waals surface area contributed by atoms with Gasteiger partial charge in [0.2, 0.25) is 0 Å². The van der Waals surface area contributed by atoms with Crippen molar-refractivity contribution in [2.24, 2.45) is 5.92 Å². The maximum atomic E-state index is 2.31. The molecule has 0 N–H and O–H groups in total. The molecule has 1 atom stereocenters. The van der Waals surface area contributed by atoms with Crippen LogP contribution in [-0.2, 0) is 0 Å². The fraction of sp³-hybridized carbons (Fsp3) is 0.467. The average Bonchev–Trinajstić information content (AvgIpc) is 2.21. The Labute approximate surface area is 99.8 Å². The van der Waals surface area contributed by atoms with Gasteiger partial charge in [-0.05, 0) is 32.3 Å². The summed E-state index contributed by atoms with van der Waals surface area (Å²) in [4.78, 5) is 2.31. The molecule has 88 valence electrons. The summed E-state index contributed by atoms with van der Waals surface area (Å²) in [6.45, 7) is 7.55. The lowest BCUT2D eigenvalue weighted by molar-refractivity contribution is 0.423. The van der Waals surface area contributed by atoms with Gasteiger partial charge in [-0.25, -0.2) is 0 Å². The lowest BCUT2D eigenvalue weighted by atomic mass is 10.0. The van der Waals surface area contributed by atoms with Crippen LogP contribution in [0.3, 0.4) is 0 Å². The van der Waals surface area contributed by atoms with Gasteiger partial charge in [0.15, 0.2) is 0 Å². The van der Waals surface area contributed by atoms with Crippen molar-refractivity contribution in [3.63, 3.8) is 0 Å². The number of allylic oxidation sites excluding steroid dienone is 7. The quantitative estimate of drug-likeness (QED) is 0.645. The van der Waals surface area contributed by atoms with E-state index >= 15 is 0 Å². The van der Waals surface area contributed by atoms with Gasteiger partial charge in [-0.1, -0.05) is 42.9 Å². The molecule has 0 aromatic carbocycles. The molecule has 0 bridgehead atoms. The molecular formula is C15H23N. The maximum Gasteiger partial charge on any atom is 0.0356 e. The van der Waals surface area contributed by atoms with Gasteiger partial charge in [-0.2, -0.15) is 0 Å². The predicted molar refractivity (Wildman–Crippen MR) is 72.2 cm³/mol. The van der Waals surface area contributed by atoms with Crippen LogP contribution in [0.1, 0.15) is 27.2 Å². The van der Waals surface area contributed by atoms with Crippen molar-refractivity contribution >= 4 is 0 Å². The minimum absolute atomic E-state index is 0.593. The largest absolute Gasteiger partial charge is 0.374 e. The number of nitrogens with zero attached hydrogens (tertiary/aromatic N) is 1. The molecule has 1 nitrogen and oxygen atoms in total. The van der Waals surface area contributed by atoms with Gasteiger partial charge < -0.3 is 4.90 Å². The molecule has 1 aliphatic rings. The molecular weight excluding hydrogens is 194 g/mol. The zero-order valence-electron chi connectivity index (χ0n) is 10.9. The van der Waals surface area contributed by atoms with Crippen LogP contribution >= 0.6 is 0 Å². The minimum Gasteiger partial charge on any atom is -0.374 e. The van der Waals surface area contributed by atoms with E-state index < -0.39 is 0 Å². The number of hydrogen-bond acceptors (Lipinski definition) is 1. The Morgan fingerprint density at radius 2 is 2.25 bits per heavy atom. The van der Waals surface area contributed by atoms with E-state index in [2.05, 4.69) is 69.2 Å². The molecule has 0 aromatic heterocycles. The van der Waals surface area contributed by atoms with E-state index in [0.717, 1.165) is 13.0 Å². The van der Waals surface area contributed by atoms with Gasteiger partial charge in [0.05, 0.1) is 0 Å². The van der Waals surface area contributed by atoms with Crippen molar-refractivity contribution in [1.29, 1.82) is 0 Å². The summed E-state index contributed by atoms with van der Waals surface area (Å²) in [7, 11) is 2.15. The third-order valence-corrected chi connectivity index (χ3v) is 2.69. The van der Waals surface area contributed by atoms with Crippen molar-refractivity contribution < 1.29 is 0 Å². The lowest BCUT2D eigenvalue weighted by Gasteiger charge is -2.24. The molecule has 1 aliphatic heterocycles. The summed E-state index contributed by atoms with van der Waals surface area (Å²) in [6, 6.07) is 0. The van der Waals surface area contributed by atoms with Crippen molar-refractivity contribution in [3.8, 4) is 0 Å². The van der Waals surface area contributed by atoms with Crippen LogP contribution in [0, 0.1) is 5.92 Å². The normalized spacial score (nSPS) is 17.5. The average molecular weight is 217 g/mol. The Kier molecular flexibility index (Phi) is 5.10. The minimum atomic E-state index is 0.593. The summed E-state index contributed by atoms with van der Waals surface area (Å²) >= 11 is 0. The van der Waals surface area contributed by atoms with E-state index in [1.807, 2.05) is 0 Å². The second kappa shape index (κ2) is 6.37. The Morgan fingerprint density at radius 1 is 1.50 bits per heavy atom. The highest BCUT2D eigenvalue weighted by Gasteiger charge is 2.08. The third kappa shape index (κ3) is 4.52. The molecule has 1 heterocycles. The van der Waals surface area contributed by atoms with E-state index in [4.69, 9.17) is 0 Å². The highest BCUT2D eigenvalue weighted by Crippen LogP contribution is 2.18. The van der Waals surface area contributed by atoms with Crippen LogP contribution in [0.25, 0.3) is 0 Å². The summed E-state index contributed by atoms with van der Waals surface area (Å²) in [5.74, 6) is 0.593. The molecule has 0 radical (unpaired) electrons. The summed E-state index contributed by atoms with van der Waals surface area (Å²) in [5, 5.41) is 0. The summed E-state index contributed by atoms with van der Waals surface area (Å²) < 4.78 is 0. The first kappa shape index (κ1) is 12.8. The highest BCUT2D eigenvalue weighted by atomic mass is 15.1. The van der Waals surface area contributed by atoms with Crippen LogP contribution < -0.4 is 0 Å². The van der Waals surface area contributed by atoms with Crippen molar-refractivity contribution in [2.45, 2.75) is 27.2 Å². The molecule has 0 aromatic rings. The van der Waals surface area contributed by atoms with Crippen LogP contribution in [0.5, 0.6) is 0 Å². The molecule has 1 rings (SSSR count). The van der Waals surface area contributed by atoms with Crippen molar-refractivity contribution in [3.05, 3.63) is 47.7 Å². The van der Waals surface area contributed by atoms with Crippen LogP contribution in [0.15, 0.2) is 47.7 Å². The van der Waals surface area contributed by atoms with E-state index in [-0.39, 0.29) is 0 Å². The Morgan fingerprint density at radius 3 is 2.88 bits per heavy atom. The van der Waals surface area contributed by atoms with E-state index in [9.17, 15) is 0 Å². The maximum absolute atomic E-state index is 2.31. The monoisotopic (exact) mass is 217 g/mol. The molecule has 1 heteroatoms. The second-order valence-corrected chi connectivity index (χ2v) is 4.78. The lowest BCUT2D eigenvalue weighted by Crippen LogP contribution is -2.20. The zero-order chi connectivity index (χ0) is 12.0. The van der Waals surface area contributed by atoms with Gasteiger partial charge in [0.1, 0.15) is 0 Å². The standard InChI is InChI=1S/C15H23N/c1-13(2)8-7-9-14(3)12-15-10-5-6-11-16(15)4/h5-10,14H,11-12H2,1-4H3/b9-7-. The molecule has 0 fully saturated rings. The first-order valence-corrected chi connectivity index (χ1v) is 5.98. The number of hydrogen-bond donors (Lipinski definition) is 0. The van der Waals surface area contributed by atoms with Crippen molar-refractivity contribution in [2.75, 3.05) is 13.6 Å². The zero-order valence-corrected chi connectivity index (χ0v) is 10.9. The van der Waals surface area contributed by atoms with Gasteiger partial charge in [-0.15, -0.1) is 0 Å². The van der Waals surface area contributed by atoms with E-state index in [1.165, 1.54) is 11.3 Å². The molecule has 1 unspecified atom stereocenters. The Balaban J connectivity index is 2.48. The topological polar surface area (TPSA) is 3.24 Å². The number of rotatable bonds is 4. The smallest absolute Gasteiger partial charge is 0.0356 e. The van der Waals surface area contributed by atoms with E-state index in [0.29, 0.717) is 5.92 Å². The van der Waals surface area contributed by atoms with Crippen LogP contribution in [0.4, 0.5) is 0 Å². The Bertz CT molecular complexity index is 327. The summed E-state index contributed by atoms with van der Waals surface area (Å²) in [6.07, 6.45) is 14.3. The van der Waals surface area contributed by atoms with Gasteiger partial charge >= 0.3 is 0 Å². The SMILES string of the molecule is CC(C)=C/C=C\C(C)CC1=CC=CCN1C. The van der Waals surface area contributed by atoms with Crippen LogP contribution in [0.2, 0.25) is 0 Å². The summed E-state index contributed by atoms with van der Waals surface area (Å²) in [5.41, 5.74) is 2.78. The van der Waals surface area contributed by atoms with Crippen LogP contribution in [-0.4, -0.2) is 18.5 Å². The molecule has 0 saturated carbocycles. The molecule has 0 amide bonds. The van der Waals surface area contributed by atoms with Gasteiger partial charge in [0, 0.05) is 19.3 Å². The molecule has 0 spiro atoms. The molecule has 0 aliphatic carbocycles. The molecule has 0 saturated heterocycles. The number of likely N-dealkylation sites (N-methyl/N-ethyl adjacent to an activating group) is 1. The third-order valence-electron chi connectivity index (χ3n) is 2.69. The Hall–Kier alpha value is -1.24. The van der Waals surface area contributed by atoms with E-state index in [1.54, 1.807) is 0 Å². The molecule has 16 heavy (non-hydrogen) atoms. The second-order valence-electron chi connectivity index (χ2n) is 4.78. The fourth-order valence-electron chi connectivity index (χ4n) is 1.70. The first-order valence-electron chi connectivity index (χ1n) is 5.98. The fourth-order valence-corrected chi connectivity index (χ4v) is 1.70. The van der Waals surface area contributed by atoms with Crippen molar-refractivity contribution in [1.82, 2.24) is 4.90 Å².